The first-order chi connectivity index (χ1) is 5.22. The summed E-state index contributed by atoms with van der Waals surface area (Å²) in [6, 6.07) is 3.98. The van der Waals surface area contributed by atoms with Crippen LogP contribution in [0.2, 0.25) is 0 Å². The van der Waals surface area contributed by atoms with Crippen molar-refractivity contribution < 1.29 is 4.18 Å². The molecule has 11 heavy (non-hydrogen) atoms. The maximum atomic E-state index is 4.70. The lowest BCUT2D eigenvalue weighted by atomic mass is 10.2. The van der Waals surface area contributed by atoms with Crippen molar-refractivity contribution in [2.24, 2.45) is 0 Å². The van der Waals surface area contributed by atoms with Crippen LogP contribution in [0.5, 0.6) is 0 Å². The average molecular weight is 169 g/mol. The van der Waals surface area contributed by atoms with Gasteiger partial charge in [-0.1, -0.05) is 0 Å². The lowest BCUT2D eigenvalue weighted by Gasteiger charge is -2.01. The maximum absolute atomic E-state index is 4.70. The second kappa shape index (κ2) is 3.74. The minimum atomic E-state index is 0.535. The smallest absolute Gasteiger partial charge is 0.0862 e. The molecule has 0 bridgehead atoms. The molecule has 0 N–H and O–H groups in total. The van der Waals surface area contributed by atoms with Gasteiger partial charge in [0.15, 0.2) is 0 Å². The van der Waals surface area contributed by atoms with E-state index < -0.39 is 0 Å². The minimum absolute atomic E-state index is 0.535. The molecule has 0 amide bonds. The van der Waals surface area contributed by atoms with Gasteiger partial charge in [-0.3, -0.25) is 4.98 Å². The molecule has 3 heteroatoms. The number of aromatic nitrogens is 1. The highest BCUT2D eigenvalue weighted by Crippen LogP contribution is 2.06. The van der Waals surface area contributed by atoms with Gasteiger partial charge >= 0.3 is 0 Å². The third-order valence-corrected chi connectivity index (χ3v) is 1.50. The number of aryl methyl sites for hydroxylation is 2. The SMILES string of the molecule is Cc1cc(COS)cc(C)n1. The molecule has 60 valence electrons. The highest BCUT2D eigenvalue weighted by atomic mass is 32.1. The van der Waals surface area contributed by atoms with Gasteiger partial charge in [0, 0.05) is 11.4 Å². The number of hydrogen-bond acceptors (Lipinski definition) is 3. The molecule has 0 aromatic carbocycles. The van der Waals surface area contributed by atoms with Crippen LogP contribution < -0.4 is 0 Å². The van der Waals surface area contributed by atoms with Crippen LogP contribution in [0.1, 0.15) is 17.0 Å². The number of thiol groups is 1. The van der Waals surface area contributed by atoms with Gasteiger partial charge in [-0.15, -0.1) is 0 Å². The summed E-state index contributed by atoms with van der Waals surface area (Å²) >= 11 is 3.68. The zero-order valence-electron chi connectivity index (χ0n) is 6.66. The Balaban J connectivity index is 2.89. The van der Waals surface area contributed by atoms with E-state index in [4.69, 9.17) is 4.18 Å². The predicted molar refractivity (Wildman–Crippen MR) is 47.5 cm³/mol. The lowest BCUT2D eigenvalue weighted by Crippen LogP contribution is -1.91. The highest BCUT2D eigenvalue weighted by Gasteiger charge is 1.95. The van der Waals surface area contributed by atoms with Crippen molar-refractivity contribution >= 4 is 12.9 Å². The van der Waals surface area contributed by atoms with Gasteiger partial charge in [0.05, 0.1) is 6.61 Å². The highest BCUT2D eigenvalue weighted by molar-refractivity contribution is 7.75. The van der Waals surface area contributed by atoms with Crippen molar-refractivity contribution in [1.29, 1.82) is 0 Å². The molecule has 0 unspecified atom stereocenters. The Bertz CT molecular complexity index is 230. The van der Waals surface area contributed by atoms with Gasteiger partial charge in [-0.2, -0.15) is 0 Å². The Morgan fingerprint density at radius 3 is 2.36 bits per heavy atom. The fourth-order valence-corrected chi connectivity index (χ4v) is 1.23. The van der Waals surface area contributed by atoms with Crippen LogP contribution in [0, 0.1) is 13.8 Å². The number of nitrogens with zero attached hydrogens (tertiary/aromatic N) is 1. The van der Waals surface area contributed by atoms with Crippen LogP contribution in [0.4, 0.5) is 0 Å². The van der Waals surface area contributed by atoms with Gasteiger partial charge < -0.3 is 4.18 Å². The molecule has 0 atom stereocenters. The zero-order chi connectivity index (χ0) is 8.27. The van der Waals surface area contributed by atoms with Crippen molar-refractivity contribution in [2.75, 3.05) is 0 Å². The summed E-state index contributed by atoms with van der Waals surface area (Å²) in [5.41, 5.74) is 3.15. The second-order valence-corrected chi connectivity index (χ2v) is 2.79. The Kier molecular flexibility index (Phi) is 2.91. The molecule has 0 aliphatic heterocycles. The summed E-state index contributed by atoms with van der Waals surface area (Å²) in [5.74, 6) is 0. The topological polar surface area (TPSA) is 22.1 Å². The summed E-state index contributed by atoms with van der Waals surface area (Å²) in [4.78, 5) is 4.24. The van der Waals surface area contributed by atoms with Crippen LogP contribution in [0.25, 0.3) is 0 Å². The molecule has 1 heterocycles. The molecule has 0 fully saturated rings. The summed E-state index contributed by atoms with van der Waals surface area (Å²) < 4.78 is 4.70. The van der Waals surface area contributed by atoms with Gasteiger partial charge in [0.2, 0.25) is 0 Å². The molecule has 0 aliphatic carbocycles. The van der Waals surface area contributed by atoms with Crippen LogP contribution in [-0.4, -0.2) is 4.98 Å². The van der Waals surface area contributed by atoms with Crippen molar-refractivity contribution in [3.05, 3.63) is 29.1 Å². The Morgan fingerprint density at radius 2 is 1.91 bits per heavy atom. The quantitative estimate of drug-likeness (QED) is 0.540. The van der Waals surface area contributed by atoms with E-state index in [-0.39, 0.29) is 0 Å². The first kappa shape index (κ1) is 8.56. The summed E-state index contributed by atoms with van der Waals surface area (Å²) in [7, 11) is 0. The fraction of sp³-hybridized carbons (Fsp3) is 0.375. The lowest BCUT2D eigenvalue weighted by molar-refractivity contribution is 0.371. The third-order valence-electron chi connectivity index (χ3n) is 1.37. The summed E-state index contributed by atoms with van der Waals surface area (Å²) in [6.07, 6.45) is 0. The van der Waals surface area contributed by atoms with Gasteiger partial charge in [0.1, 0.15) is 0 Å². The zero-order valence-corrected chi connectivity index (χ0v) is 7.56. The molecule has 0 saturated carbocycles. The van der Waals surface area contributed by atoms with E-state index in [9.17, 15) is 0 Å². The summed E-state index contributed by atoms with van der Waals surface area (Å²) in [5, 5.41) is 0. The van der Waals surface area contributed by atoms with Gasteiger partial charge in [0.25, 0.3) is 0 Å². The molecular formula is C8H11NOS. The number of pyridine rings is 1. The normalized spacial score (nSPS) is 10.1. The average Bonchev–Trinajstić information content (AvgIpc) is 1.85. The van der Waals surface area contributed by atoms with Gasteiger partial charge in [-0.05, 0) is 44.5 Å². The van der Waals surface area contributed by atoms with Crippen molar-refractivity contribution in [3.8, 4) is 0 Å². The Labute approximate surface area is 72.2 Å². The molecule has 0 radical (unpaired) electrons. The number of rotatable bonds is 2. The van der Waals surface area contributed by atoms with E-state index in [2.05, 4.69) is 17.9 Å². The third kappa shape index (κ3) is 2.52. The molecule has 2 nitrogen and oxygen atoms in total. The van der Waals surface area contributed by atoms with E-state index >= 15 is 0 Å². The minimum Gasteiger partial charge on any atom is -0.314 e. The van der Waals surface area contributed by atoms with Crippen LogP contribution in [-0.2, 0) is 10.8 Å². The summed E-state index contributed by atoms with van der Waals surface area (Å²) in [6.45, 7) is 4.47. The van der Waals surface area contributed by atoms with Crippen molar-refractivity contribution in [3.63, 3.8) is 0 Å². The molecule has 0 saturated heterocycles. The first-order valence-electron chi connectivity index (χ1n) is 3.43. The second-order valence-electron chi connectivity index (χ2n) is 2.53. The molecule has 1 aromatic heterocycles. The maximum Gasteiger partial charge on any atom is 0.0862 e. The van der Waals surface area contributed by atoms with Crippen LogP contribution in [0.3, 0.4) is 0 Å². The van der Waals surface area contributed by atoms with E-state index in [1.54, 1.807) is 0 Å². The standard InChI is InChI=1S/C8H11NOS/c1-6-3-8(5-10-11)4-7(2)9-6/h3-4,11H,5H2,1-2H3. The monoisotopic (exact) mass is 169 g/mol. The first-order valence-corrected chi connectivity index (χ1v) is 3.79. The molecule has 1 rings (SSSR count). The molecule has 0 spiro atoms. The van der Waals surface area contributed by atoms with Crippen molar-refractivity contribution in [1.82, 2.24) is 4.98 Å². The van der Waals surface area contributed by atoms with E-state index in [0.29, 0.717) is 6.61 Å². The molecular weight excluding hydrogens is 158 g/mol. The largest absolute Gasteiger partial charge is 0.314 e. The van der Waals surface area contributed by atoms with Crippen molar-refractivity contribution in [2.45, 2.75) is 20.5 Å². The Hall–Kier alpha value is -0.540. The van der Waals surface area contributed by atoms with Crippen LogP contribution >= 0.6 is 12.9 Å². The van der Waals surface area contributed by atoms with E-state index in [1.165, 1.54) is 0 Å². The van der Waals surface area contributed by atoms with Crippen LogP contribution in [0.15, 0.2) is 12.1 Å². The Morgan fingerprint density at radius 1 is 1.36 bits per heavy atom. The molecule has 0 aliphatic rings. The number of hydrogen-bond donors (Lipinski definition) is 1. The van der Waals surface area contributed by atoms with Gasteiger partial charge in [-0.25, -0.2) is 0 Å². The fourth-order valence-electron chi connectivity index (χ4n) is 1.08. The predicted octanol–water partition coefficient (Wildman–Crippen LogP) is 2.06. The van der Waals surface area contributed by atoms with E-state index in [0.717, 1.165) is 17.0 Å². The van der Waals surface area contributed by atoms with E-state index in [1.807, 2.05) is 26.0 Å². The molecule has 1 aromatic rings.